The van der Waals surface area contributed by atoms with Crippen LogP contribution in [0.1, 0.15) is 31.9 Å². The number of aromatic nitrogens is 2. The predicted octanol–water partition coefficient (Wildman–Crippen LogP) is 1.83. The number of nitrogens with zero attached hydrogens (tertiary/aromatic N) is 4. The first kappa shape index (κ1) is 14.7. The van der Waals surface area contributed by atoms with Crippen molar-refractivity contribution in [1.82, 2.24) is 19.8 Å². The average molecular weight is 289 g/mol. The molecule has 2 heterocycles. The van der Waals surface area contributed by atoms with E-state index in [1.165, 1.54) is 32.5 Å². The summed E-state index contributed by atoms with van der Waals surface area (Å²) in [6, 6.07) is 0. The van der Waals surface area contributed by atoms with Crippen molar-refractivity contribution in [3.8, 4) is 0 Å². The first-order valence-corrected chi connectivity index (χ1v) is 8.33. The van der Waals surface area contributed by atoms with Gasteiger partial charge in [0, 0.05) is 45.8 Å². The summed E-state index contributed by atoms with van der Waals surface area (Å²) in [7, 11) is 0. The molecule has 0 radical (unpaired) electrons. The third kappa shape index (κ3) is 4.64. The van der Waals surface area contributed by atoms with E-state index in [1.54, 1.807) is 0 Å². The molecule has 1 saturated carbocycles. The van der Waals surface area contributed by atoms with E-state index in [0.29, 0.717) is 0 Å². The second-order valence-electron chi connectivity index (χ2n) is 6.34. The molecule has 116 valence electrons. The zero-order valence-corrected chi connectivity index (χ0v) is 13.1. The van der Waals surface area contributed by atoms with Gasteiger partial charge in [-0.2, -0.15) is 0 Å². The topological polar surface area (TPSA) is 44.3 Å². The van der Waals surface area contributed by atoms with Gasteiger partial charge in [0.1, 0.15) is 5.82 Å². The smallest absolute Gasteiger partial charge is 0.144 e. The van der Waals surface area contributed by atoms with Crippen LogP contribution in [0.25, 0.3) is 0 Å². The van der Waals surface area contributed by atoms with Gasteiger partial charge in [-0.05, 0) is 25.2 Å². The third-order valence-corrected chi connectivity index (χ3v) is 4.33. The Hall–Kier alpha value is -1.20. The number of hydrogen-bond acceptors (Lipinski definition) is 5. The van der Waals surface area contributed by atoms with Gasteiger partial charge in [0.2, 0.25) is 0 Å². The molecular weight excluding hydrogens is 262 g/mol. The fourth-order valence-corrected chi connectivity index (χ4v) is 2.81. The average Bonchev–Trinajstić information content (AvgIpc) is 3.33. The molecule has 0 aromatic carbocycles. The van der Waals surface area contributed by atoms with Crippen molar-refractivity contribution in [2.75, 3.05) is 44.6 Å². The van der Waals surface area contributed by atoms with Gasteiger partial charge in [-0.15, -0.1) is 0 Å². The molecule has 5 heteroatoms. The van der Waals surface area contributed by atoms with Crippen molar-refractivity contribution in [3.63, 3.8) is 0 Å². The number of piperazine rings is 1. The van der Waals surface area contributed by atoms with Crippen LogP contribution in [0.4, 0.5) is 5.82 Å². The van der Waals surface area contributed by atoms with Gasteiger partial charge in [-0.3, -0.25) is 9.88 Å². The van der Waals surface area contributed by atoms with Crippen molar-refractivity contribution in [2.45, 2.75) is 32.7 Å². The maximum Gasteiger partial charge on any atom is 0.144 e. The Morgan fingerprint density at radius 1 is 1.10 bits per heavy atom. The minimum Gasteiger partial charge on any atom is -0.369 e. The van der Waals surface area contributed by atoms with Crippen LogP contribution in [0.2, 0.25) is 0 Å². The van der Waals surface area contributed by atoms with E-state index in [2.05, 4.69) is 32.0 Å². The van der Waals surface area contributed by atoms with Crippen LogP contribution in [-0.2, 0) is 6.54 Å². The molecule has 5 nitrogen and oxygen atoms in total. The van der Waals surface area contributed by atoms with Crippen LogP contribution < -0.4 is 5.32 Å². The zero-order valence-electron chi connectivity index (χ0n) is 13.1. The molecule has 2 fully saturated rings. The number of nitrogens with one attached hydrogen (secondary N) is 1. The van der Waals surface area contributed by atoms with Crippen LogP contribution in [0.3, 0.4) is 0 Å². The first-order valence-electron chi connectivity index (χ1n) is 8.33. The molecule has 2 aliphatic rings. The van der Waals surface area contributed by atoms with E-state index in [0.717, 1.165) is 50.0 Å². The quantitative estimate of drug-likeness (QED) is 0.829. The molecule has 0 unspecified atom stereocenters. The lowest BCUT2D eigenvalue weighted by molar-refractivity contribution is 0.122. The lowest BCUT2D eigenvalue weighted by atomic mass is 10.2. The summed E-state index contributed by atoms with van der Waals surface area (Å²) in [5.41, 5.74) is 1.08. The van der Waals surface area contributed by atoms with Crippen molar-refractivity contribution in [2.24, 2.45) is 5.92 Å². The van der Waals surface area contributed by atoms with E-state index in [1.807, 2.05) is 12.4 Å². The first-order chi connectivity index (χ1) is 10.3. The van der Waals surface area contributed by atoms with Gasteiger partial charge in [-0.25, -0.2) is 4.98 Å². The zero-order chi connectivity index (χ0) is 14.5. The second kappa shape index (κ2) is 7.18. The molecule has 1 aliphatic carbocycles. The van der Waals surface area contributed by atoms with E-state index in [-0.39, 0.29) is 0 Å². The fourth-order valence-electron chi connectivity index (χ4n) is 2.81. The summed E-state index contributed by atoms with van der Waals surface area (Å²) in [5, 5.41) is 3.26. The molecule has 0 atom stereocenters. The highest BCUT2D eigenvalue weighted by atomic mass is 15.3. The maximum absolute atomic E-state index is 4.52. The molecule has 1 N–H and O–H groups in total. The minimum absolute atomic E-state index is 0.884. The van der Waals surface area contributed by atoms with Gasteiger partial charge in [0.15, 0.2) is 0 Å². The highest BCUT2D eigenvalue weighted by Gasteiger charge is 2.26. The largest absolute Gasteiger partial charge is 0.369 e. The Kier molecular flexibility index (Phi) is 5.04. The summed E-state index contributed by atoms with van der Waals surface area (Å²) >= 11 is 0. The van der Waals surface area contributed by atoms with Gasteiger partial charge in [0.05, 0.1) is 18.1 Å². The van der Waals surface area contributed by atoms with Crippen molar-refractivity contribution >= 4 is 5.82 Å². The van der Waals surface area contributed by atoms with E-state index >= 15 is 0 Å². The molecule has 3 rings (SSSR count). The van der Waals surface area contributed by atoms with Crippen LogP contribution in [0.5, 0.6) is 0 Å². The molecule has 0 amide bonds. The molecule has 1 saturated heterocycles. The van der Waals surface area contributed by atoms with Crippen LogP contribution >= 0.6 is 0 Å². The van der Waals surface area contributed by atoms with Crippen molar-refractivity contribution < 1.29 is 0 Å². The minimum atomic E-state index is 0.884. The van der Waals surface area contributed by atoms with Crippen LogP contribution in [0.15, 0.2) is 12.4 Å². The number of rotatable bonds is 7. The Labute approximate surface area is 127 Å². The molecule has 0 bridgehead atoms. The highest BCUT2D eigenvalue weighted by Crippen LogP contribution is 2.29. The van der Waals surface area contributed by atoms with E-state index in [4.69, 9.17) is 0 Å². The standard InChI is InChI=1S/C16H27N5/c1-2-5-17-16-11-18-15(10-19-16)13-21-8-6-20(7-9-21)12-14-3-4-14/h10-11,14H,2-9,12-13H2,1H3,(H,17,19). The summed E-state index contributed by atoms with van der Waals surface area (Å²) < 4.78 is 0. The summed E-state index contributed by atoms with van der Waals surface area (Å²) in [6.07, 6.45) is 7.78. The SMILES string of the molecule is CCCNc1cnc(CN2CCN(CC3CC3)CC2)cn1. The Balaban J connectivity index is 1.41. The van der Waals surface area contributed by atoms with Crippen LogP contribution in [0, 0.1) is 5.92 Å². The van der Waals surface area contributed by atoms with Gasteiger partial charge < -0.3 is 10.2 Å². The monoisotopic (exact) mass is 289 g/mol. The van der Waals surface area contributed by atoms with Gasteiger partial charge >= 0.3 is 0 Å². The fraction of sp³-hybridized carbons (Fsp3) is 0.750. The molecular formula is C16H27N5. The lowest BCUT2D eigenvalue weighted by Gasteiger charge is -2.34. The number of anilines is 1. The molecule has 21 heavy (non-hydrogen) atoms. The third-order valence-electron chi connectivity index (χ3n) is 4.33. The normalized spacial score (nSPS) is 20.6. The maximum atomic E-state index is 4.52. The predicted molar refractivity (Wildman–Crippen MR) is 85.3 cm³/mol. The molecule has 1 aromatic heterocycles. The highest BCUT2D eigenvalue weighted by molar-refractivity contribution is 5.30. The molecule has 1 aromatic rings. The van der Waals surface area contributed by atoms with Gasteiger partial charge in [-0.1, -0.05) is 6.92 Å². The van der Waals surface area contributed by atoms with E-state index in [9.17, 15) is 0 Å². The Bertz CT molecular complexity index is 421. The Morgan fingerprint density at radius 2 is 1.86 bits per heavy atom. The van der Waals surface area contributed by atoms with E-state index < -0.39 is 0 Å². The molecule has 0 spiro atoms. The van der Waals surface area contributed by atoms with Crippen molar-refractivity contribution in [3.05, 3.63) is 18.1 Å². The lowest BCUT2D eigenvalue weighted by Crippen LogP contribution is -2.46. The summed E-state index contributed by atoms with van der Waals surface area (Å²) in [4.78, 5) is 14.1. The van der Waals surface area contributed by atoms with Crippen LogP contribution in [-0.4, -0.2) is 59.0 Å². The number of hydrogen-bond donors (Lipinski definition) is 1. The summed E-state index contributed by atoms with van der Waals surface area (Å²) in [5.74, 6) is 1.89. The molecule has 1 aliphatic heterocycles. The van der Waals surface area contributed by atoms with Crippen molar-refractivity contribution in [1.29, 1.82) is 0 Å². The second-order valence-corrected chi connectivity index (χ2v) is 6.34. The van der Waals surface area contributed by atoms with Gasteiger partial charge in [0.25, 0.3) is 0 Å². The summed E-state index contributed by atoms with van der Waals surface area (Å²) in [6.45, 7) is 10.1. The Morgan fingerprint density at radius 3 is 2.48 bits per heavy atom.